The number of benzene rings is 2. The van der Waals surface area contributed by atoms with E-state index in [1.54, 1.807) is 30.3 Å². The second-order valence-electron chi connectivity index (χ2n) is 3.26. The lowest BCUT2D eigenvalue weighted by atomic mass is 10.0. The van der Waals surface area contributed by atoms with Crippen molar-refractivity contribution in [2.45, 2.75) is 0 Å². The number of phenolic OH excluding ortho intramolecular Hbond substituents is 1. The Balaban J connectivity index is 2.63. The van der Waals surface area contributed by atoms with Crippen molar-refractivity contribution in [2.24, 2.45) is 0 Å². The summed E-state index contributed by atoms with van der Waals surface area (Å²) < 4.78 is 0.635. The first kappa shape index (κ1) is 11.8. The Labute approximate surface area is 112 Å². The molecule has 0 fully saturated rings. The lowest BCUT2D eigenvalue weighted by Crippen LogP contribution is -1.82. The Kier molecular flexibility index (Phi) is 3.43. The summed E-state index contributed by atoms with van der Waals surface area (Å²) in [7, 11) is 0. The summed E-state index contributed by atoms with van der Waals surface area (Å²) in [6.45, 7) is 0. The molecule has 0 amide bonds. The lowest BCUT2D eigenvalue weighted by molar-refractivity contribution is 0.474. The third-order valence-corrected chi connectivity index (χ3v) is 3.40. The summed E-state index contributed by atoms with van der Waals surface area (Å²) in [6, 6.07) is 10.6. The van der Waals surface area contributed by atoms with Crippen LogP contribution < -0.4 is 0 Å². The van der Waals surface area contributed by atoms with Gasteiger partial charge in [0.1, 0.15) is 5.75 Å². The average Bonchev–Trinajstić information content (AvgIpc) is 2.23. The Morgan fingerprint density at radius 3 is 2.44 bits per heavy atom. The zero-order chi connectivity index (χ0) is 11.7. The Hall–Kier alpha value is -0.700. The van der Waals surface area contributed by atoms with Crippen LogP contribution in [0.3, 0.4) is 0 Å². The molecule has 82 valence electrons. The fraction of sp³-hybridized carbons (Fsp3) is 0. The molecule has 0 unspecified atom stereocenters. The van der Waals surface area contributed by atoms with Gasteiger partial charge in [-0.3, -0.25) is 0 Å². The van der Waals surface area contributed by atoms with E-state index in [1.807, 2.05) is 6.07 Å². The molecule has 4 heteroatoms. The van der Waals surface area contributed by atoms with Crippen LogP contribution in [0.4, 0.5) is 0 Å². The molecule has 0 saturated heterocycles. The summed E-state index contributed by atoms with van der Waals surface area (Å²) in [5.74, 6) is 0.173. The number of rotatable bonds is 1. The van der Waals surface area contributed by atoms with Crippen LogP contribution in [0.1, 0.15) is 0 Å². The minimum atomic E-state index is 0.173. The minimum absolute atomic E-state index is 0.173. The van der Waals surface area contributed by atoms with Crippen molar-refractivity contribution in [3.63, 3.8) is 0 Å². The number of hydrogen-bond donors (Lipinski definition) is 1. The van der Waals surface area contributed by atoms with E-state index < -0.39 is 0 Å². The molecule has 16 heavy (non-hydrogen) atoms. The predicted octanol–water partition coefficient (Wildman–Crippen LogP) is 5.13. The molecular formula is C12H7BrCl2O. The molecule has 0 bridgehead atoms. The van der Waals surface area contributed by atoms with Gasteiger partial charge in [-0.25, -0.2) is 0 Å². The van der Waals surface area contributed by atoms with Crippen LogP contribution in [-0.2, 0) is 0 Å². The van der Waals surface area contributed by atoms with Crippen molar-refractivity contribution < 1.29 is 5.11 Å². The van der Waals surface area contributed by atoms with Crippen LogP contribution in [0, 0.1) is 0 Å². The van der Waals surface area contributed by atoms with Gasteiger partial charge in [0.25, 0.3) is 0 Å². The van der Waals surface area contributed by atoms with E-state index in [2.05, 4.69) is 15.9 Å². The highest BCUT2D eigenvalue weighted by molar-refractivity contribution is 9.10. The number of hydrogen-bond acceptors (Lipinski definition) is 1. The highest BCUT2D eigenvalue weighted by atomic mass is 79.9. The smallest absolute Gasteiger partial charge is 0.137 e. The first-order chi connectivity index (χ1) is 7.59. The quantitative estimate of drug-likeness (QED) is 0.773. The van der Waals surface area contributed by atoms with Crippen molar-refractivity contribution in [3.05, 3.63) is 50.9 Å². The molecule has 1 nitrogen and oxygen atoms in total. The monoisotopic (exact) mass is 316 g/mol. The highest BCUT2D eigenvalue weighted by Gasteiger charge is 2.10. The third kappa shape index (κ3) is 2.19. The topological polar surface area (TPSA) is 20.2 Å². The summed E-state index contributed by atoms with van der Waals surface area (Å²) in [5.41, 5.74) is 1.43. The van der Waals surface area contributed by atoms with E-state index in [0.717, 1.165) is 5.56 Å². The van der Waals surface area contributed by atoms with Gasteiger partial charge in [0.2, 0.25) is 0 Å². The van der Waals surface area contributed by atoms with E-state index in [-0.39, 0.29) is 5.75 Å². The number of aromatic hydroxyl groups is 1. The number of para-hydroxylation sites is 1. The summed E-state index contributed by atoms with van der Waals surface area (Å²) in [6.07, 6.45) is 0. The Morgan fingerprint density at radius 2 is 1.75 bits per heavy atom. The van der Waals surface area contributed by atoms with E-state index in [4.69, 9.17) is 23.2 Å². The fourth-order valence-electron chi connectivity index (χ4n) is 1.44. The molecule has 2 rings (SSSR count). The standard InChI is InChI=1S/C12H7BrCl2O/c13-10-3-1-2-9(12(10)16)8-5-4-7(14)6-11(8)15/h1-6,16H. The van der Waals surface area contributed by atoms with Crippen LogP contribution >= 0.6 is 39.1 Å². The van der Waals surface area contributed by atoms with Crippen molar-refractivity contribution in [1.29, 1.82) is 0 Å². The molecule has 0 aliphatic heterocycles. The maximum atomic E-state index is 9.91. The Bertz CT molecular complexity index is 541. The zero-order valence-electron chi connectivity index (χ0n) is 8.05. The van der Waals surface area contributed by atoms with E-state index in [9.17, 15) is 5.11 Å². The second kappa shape index (κ2) is 4.66. The molecule has 0 aliphatic rings. The van der Waals surface area contributed by atoms with Crippen molar-refractivity contribution in [3.8, 4) is 16.9 Å². The second-order valence-corrected chi connectivity index (χ2v) is 4.96. The average molecular weight is 318 g/mol. The predicted molar refractivity (Wildman–Crippen MR) is 71.3 cm³/mol. The molecule has 0 aromatic heterocycles. The van der Waals surface area contributed by atoms with Gasteiger partial charge in [-0.1, -0.05) is 41.4 Å². The van der Waals surface area contributed by atoms with E-state index in [1.165, 1.54) is 0 Å². The van der Waals surface area contributed by atoms with Crippen LogP contribution in [0.2, 0.25) is 10.0 Å². The first-order valence-corrected chi connectivity index (χ1v) is 6.07. The van der Waals surface area contributed by atoms with Crippen LogP contribution in [0.25, 0.3) is 11.1 Å². The normalized spacial score (nSPS) is 10.4. The Morgan fingerprint density at radius 1 is 1.00 bits per heavy atom. The minimum Gasteiger partial charge on any atom is -0.506 e. The van der Waals surface area contributed by atoms with Crippen LogP contribution in [0.15, 0.2) is 40.9 Å². The number of phenols is 1. The molecule has 0 saturated carbocycles. The molecule has 0 aliphatic carbocycles. The SMILES string of the molecule is Oc1c(Br)cccc1-c1ccc(Cl)cc1Cl. The van der Waals surface area contributed by atoms with E-state index in [0.29, 0.717) is 20.1 Å². The van der Waals surface area contributed by atoms with Crippen LogP contribution in [-0.4, -0.2) is 5.11 Å². The fourth-order valence-corrected chi connectivity index (χ4v) is 2.32. The molecule has 0 radical (unpaired) electrons. The van der Waals surface area contributed by atoms with Crippen molar-refractivity contribution in [2.75, 3.05) is 0 Å². The van der Waals surface area contributed by atoms with Gasteiger partial charge >= 0.3 is 0 Å². The molecule has 0 heterocycles. The molecule has 0 spiro atoms. The van der Waals surface area contributed by atoms with Gasteiger partial charge in [-0.15, -0.1) is 0 Å². The lowest BCUT2D eigenvalue weighted by Gasteiger charge is -2.08. The maximum absolute atomic E-state index is 9.91. The summed E-state index contributed by atoms with van der Waals surface area (Å²) >= 11 is 15.2. The van der Waals surface area contributed by atoms with Crippen LogP contribution in [0.5, 0.6) is 5.75 Å². The van der Waals surface area contributed by atoms with Gasteiger partial charge in [-0.05, 0) is 34.1 Å². The van der Waals surface area contributed by atoms with Gasteiger partial charge in [0.05, 0.1) is 9.50 Å². The molecule has 1 N–H and O–H groups in total. The summed E-state index contributed by atoms with van der Waals surface area (Å²) in [4.78, 5) is 0. The summed E-state index contributed by atoms with van der Waals surface area (Å²) in [5, 5.41) is 11.0. The van der Waals surface area contributed by atoms with Gasteiger partial charge in [-0.2, -0.15) is 0 Å². The molecule has 0 atom stereocenters. The largest absolute Gasteiger partial charge is 0.506 e. The molecule has 2 aromatic carbocycles. The molecule has 2 aromatic rings. The molecular weight excluding hydrogens is 311 g/mol. The van der Waals surface area contributed by atoms with Gasteiger partial charge < -0.3 is 5.11 Å². The van der Waals surface area contributed by atoms with Crippen molar-refractivity contribution >= 4 is 39.1 Å². The maximum Gasteiger partial charge on any atom is 0.137 e. The first-order valence-electron chi connectivity index (χ1n) is 4.52. The zero-order valence-corrected chi connectivity index (χ0v) is 11.1. The van der Waals surface area contributed by atoms with Gasteiger partial charge in [0.15, 0.2) is 0 Å². The number of halogens is 3. The highest BCUT2D eigenvalue weighted by Crippen LogP contribution is 2.39. The third-order valence-electron chi connectivity index (χ3n) is 2.21. The van der Waals surface area contributed by atoms with E-state index >= 15 is 0 Å². The van der Waals surface area contributed by atoms with Crippen molar-refractivity contribution in [1.82, 2.24) is 0 Å². The van der Waals surface area contributed by atoms with Gasteiger partial charge in [0, 0.05) is 16.1 Å².